The van der Waals surface area contributed by atoms with Crippen LogP contribution in [-0.2, 0) is 4.79 Å². The van der Waals surface area contributed by atoms with Gasteiger partial charge in [-0.25, -0.2) is 0 Å². The van der Waals surface area contributed by atoms with Gasteiger partial charge in [-0.3, -0.25) is 9.78 Å². The van der Waals surface area contributed by atoms with Gasteiger partial charge in [-0.2, -0.15) is 0 Å². The topological polar surface area (TPSA) is 54.0 Å². The number of amides is 1. The zero-order chi connectivity index (χ0) is 11.6. The third-order valence-electron chi connectivity index (χ3n) is 3.52. The molecule has 1 amide bonds. The normalized spacial score (nSPS) is 18.0. The van der Waals surface area contributed by atoms with Crippen LogP contribution in [0.5, 0.6) is 0 Å². The van der Waals surface area contributed by atoms with Crippen LogP contribution in [0.15, 0.2) is 18.5 Å². The molecule has 1 aliphatic heterocycles. The maximum Gasteiger partial charge on any atom is 0.232 e. The summed E-state index contributed by atoms with van der Waals surface area (Å²) in [5, 5.41) is 6.28. The molecule has 4 heteroatoms. The van der Waals surface area contributed by atoms with Gasteiger partial charge in [0.2, 0.25) is 5.91 Å². The molecule has 0 unspecified atom stereocenters. The largest absolute Gasteiger partial charge is 0.382 e. The van der Waals surface area contributed by atoms with Crippen LogP contribution in [0.2, 0.25) is 0 Å². The first-order valence-corrected chi connectivity index (χ1v) is 5.71. The minimum Gasteiger partial charge on any atom is -0.382 e. The van der Waals surface area contributed by atoms with Gasteiger partial charge >= 0.3 is 0 Å². The third kappa shape index (κ3) is 1.64. The third-order valence-corrected chi connectivity index (χ3v) is 3.52. The van der Waals surface area contributed by atoms with Crippen molar-refractivity contribution in [2.75, 3.05) is 17.2 Å². The number of nitrogens with zero attached hydrogens (tertiary/aromatic N) is 1. The summed E-state index contributed by atoms with van der Waals surface area (Å²) < 4.78 is 0. The second-order valence-electron chi connectivity index (χ2n) is 4.22. The van der Waals surface area contributed by atoms with E-state index in [0.717, 1.165) is 24.2 Å². The van der Waals surface area contributed by atoms with Gasteiger partial charge in [0.15, 0.2) is 0 Å². The predicted molar refractivity (Wildman–Crippen MR) is 64.4 cm³/mol. The van der Waals surface area contributed by atoms with Crippen LogP contribution in [0, 0.1) is 5.41 Å². The average molecular weight is 219 g/mol. The molecule has 0 spiro atoms. The molecule has 0 atom stereocenters. The zero-order valence-electron chi connectivity index (χ0n) is 9.71. The molecule has 1 aromatic heterocycles. The zero-order valence-corrected chi connectivity index (χ0v) is 9.71. The molecule has 2 heterocycles. The van der Waals surface area contributed by atoms with Crippen molar-refractivity contribution in [2.24, 2.45) is 5.41 Å². The van der Waals surface area contributed by atoms with E-state index in [4.69, 9.17) is 0 Å². The first-order valence-electron chi connectivity index (χ1n) is 5.71. The lowest BCUT2D eigenvalue weighted by Crippen LogP contribution is -2.39. The van der Waals surface area contributed by atoms with Crippen molar-refractivity contribution in [2.45, 2.75) is 26.7 Å². The summed E-state index contributed by atoms with van der Waals surface area (Å²) in [4.78, 5) is 16.2. The number of hydrogen-bond acceptors (Lipinski definition) is 3. The summed E-state index contributed by atoms with van der Waals surface area (Å²) in [7, 11) is 0. The molecule has 0 bridgehead atoms. The minimum absolute atomic E-state index is 0.0942. The van der Waals surface area contributed by atoms with Crippen molar-refractivity contribution in [3.05, 3.63) is 18.5 Å². The van der Waals surface area contributed by atoms with E-state index >= 15 is 0 Å². The van der Waals surface area contributed by atoms with Crippen molar-refractivity contribution in [1.82, 2.24) is 4.98 Å². The summed E-state index contributed by atoms with van der Waals surface area (Å²) >= 11 is 0. The molecule has 1 aromatic rings. The summed E-state index contributed by atoms with van der Waals surface area (Å²) in [5.41, 5.74) is 1.42. The second kappa shape index (κ2) is 4.12. The van der Waals surface area contributed by atoms with Gasteiger partial charge in [-0.15, -0.1) is 0 Å². The lowest BCUT2D eigenvalue weighted by molar-refractivity contribution is -0.125. The Hall–Kier alpha value is -1.58. The average Bonchev–Trinajstić information content (AvgIpc) is 2.46. The number of carbonyl (C=O) groups is 1. The molecule has 0 saturated heterocycles. The molecule has 0 aliphatic carbocycles. The van der Waals surface area contributed by atoms with Gasteiger partial charge in [0.1, 0.15) is 0 Å². The Labute approximate surface area is 95.5 Å². The van der Waals surface area contributed by atoms with E-state index in [1.54, 1.807) is 12.4 Å². The van der Waals surface area contributed by atoms with Gasteiger partial charge in [-0.1, -0.05) is 13.8 Å². The lowest BCUT2D eigenvalue weighted by Gasteiger charge is -2.27. The highest BCUT2D eigenvalue weighted by molar-refractivity contribution is 5.99. The van der Waals surface area contributed by atoms with Crippen molar-refractivity contribution >= 4 is 17.3 Å². The first kappa shape index (κ1) is 10.9. The van der Waals surface area contributed by atoms with E-state index in [-0.39, 0.29) is 11.3 Å². The first-order chi connectivity index (χ1) is 7.72. The highest BCUT2D eigenvalue weighted by Gasteiger charge is 2.36. The highest BCUT2D eigenvalue weighted by Crippen LogP contribution is 2.33. The van der Waals surface area contributed by atoms with Crippen LogP contribution in [0.25, 0.3) is 0 Å². The quantitative estimate of drug-likeness (QED) is 0.802. The van der Waals surface area contributed by atoms with Gasteiger partial charge in [0.05, 0.1) is 23.0 Å². The smallest absolute Gasteiger partial charge is 0.232 e. The molecule has 0 saturated carbocycles. The van der Waals surface area contributed by atoms with Crippen LogP contribution in [0.4, 0.5) is 11.4 Å². The molecular weight excluding hydrogens is 202 g/mol. The molecule has 2 N–H and O–H groups in total. The Morgan fingerprint density at radius 1 is 1.38 bits per heavy atom. The molecule has 0 aromatic carbocycles. The number of aromatic nitrogens is 1. The fourth-order valence-corrected chi connectivity index (χ4v) is 2.07. The Balaban J connectivity index is 2.35. The predicted octanol–water partition coefficient (Wildman–Crippen LogP) is 2.25. The van der Waals surface area contributed by atoms with Crippen LogP contribution in [-0.4, -0.2) is 17.4 Å². The summed E-state index contributed by atoms with van der Waals surface area (Å²) in [5.74, 6) is 0.0942. The van der Waals surface area contributed by atoms with E-state index in [9.17, 15) is 4.79 Å². The molecule has 86 valence electrons. The van der Waals surface area contributed by atoms with Crippen molar-refractivity contribution in [3.63, 3.8) is 0 Å². The number of pyridine rings is 1. The van der Waals surface area contributed by atoms with Crippen LogP contribution in [0.3, 0.4) is 0 Å². The van der Waals surface area contributed by atoms with E-state index < -0.39 is 0 Å². The lowest BCUT2D eigenvalue weighted by atomic mass is 9.81. The van der Waals surface area contributed by atoms with Crippen molar-refractivity contribution < 1.29 is 4.79 Å². The van der Waals surface area contributed by atoms with E-state index in [1.165, 1.54) is 0 Å². The fraction of sp³-hybridized carbons (Fsp3) is 0.500. The fourth-order valence-electron chi connectivity index (χ4n) is 2.07. The molecule has 16 heavy (non-hydrogen) atoms. The Kier molecular flexibility index (Phi) is 2.81. The van der Waals surface area contributed by atoms with Crippen molar-refractivity contribution in [3.8, 4) is 0 Å². The monoisotopic (exact) mass is 219 g/mol. The Morgan fingerprint density at radius 3 is 2.81 bits per heavy atom. The summed E-state index contributed by atoms with van der Waals surface area (Å²) in [6, 6.07) is 1.89. The van der Waals surface area contributed by atoms with Crippen LogP contribution >= 0.6 is 0 Å². The van der Waals surface area contributed by atoms with Gasteiger partial charge in [-0.05, 0) is 18.9 Å². The molecule has 1 aliphatic rings. The number of fused-ring (bicyclic) bond motifs is 1. The highest BCUT2D eigenvalue weighted by atomic mass is 16.2. The van der Waals surface area contributed by atoms with Gasteiger partial charge in [0.25, 0.3) is 0 Å². The van der Waals surface area contributed by atoms with Gasteiger partial charge in [0, 0.05) is 12.7 Å². The maximum atomic E-state index is 12.2. The minimum atomic E-state index is -0.307. The van der Waals surface area contributed by atoms with Crippen LogP contribution < -0.4 is 10.6 Å². The van der Waals surface area contributed by atoms with E-state index in [2.05, 4.69) is 29.5 Å². The SMILES string of the molecule is CCC1(CC)CNc2ccncc2NC1=O. The number of anilines is 2. The Bertz CT molecular complexity index is 399. The number of nitrogens with one attached hydrogen (secondary N) is 2. The van der Waals surface area contributed by atoms with E-state index in [0.29, 0.717) is 6.54 Å². The van der Waals surface area contributed by atoms with Gasteiger partial charge < -0.3 is 10.6 Å². The number of hydrogen-bond donors (Lipinski definition) is 2. The summed E-state index contributed by atoms with van der Waals surface area (Å²) in [6.45, 7) is 4.79. The number of carbonyl (C=O) groups excluding carboxylic acids is 1. The Morgan fingerprint density at radius 2 is 2.12 bits per heavy atom. The molecule has 0 radical (unpaired) electrons. The van der Waals surface area contributed by atoms with Crippen molar-refractivity contribution in [1.29, 1.82) is 0 Å². The molecule has 4 nitrogen and oxygen atoms in total. The second-order valence-corrected chi connectivity index (χ2v) is 4.22. The maximum absolute atomic E-state index is 12.2. The van der Waals surface area contributed by atoms with Crippen LogP contribution in [0.1, 0.15) is 26.7 Å². The molecular formula is C12H17N3O. The van der Waals surface area contributed by atoms with E-state index in [1.807, 2.05) is 6.07 Å². The standard InChI is InChI=1S/C12H17N3O/c1-3-12(4-2)8-14-9-5-6-13-7-10(9)15-11(12)16/h5-7,14H,3-4,8H2,1-2H3,(H,15,16). The number of rotatable bonds is 2. The summed E-state index contributed by atoms with van der Waals surface area (Å²) in [6.07, 6.45) is 5.08. The molecule has 0 fully saturated rings. The molecule has 2 rings (SSSR count).